The number of carbonyl (C=O) groups is 1. The van der Waals surface area contributed by atoms with Crippen LogP contribution in [0.2, 0.25) is 0 Å². The number of hydrogen-bond donors (Lipinski definition) is 2. The molecule has 0 rings (SSSR count). The maximum absolute atomic E-state index is 10.8. The monoisotopic (exact) mass is 173 g/mol. The van der Waals surface area contributed by atoms with Crippen LogP contribution in [0.15, 0.2) is 12.2 Å². The summed E-state index contributed by atoms with van der Waals surface area (Å²) in [5.74, 6) is -0.120. The van der Waals surface area contributed by atoms with E-state index in [0.717, 1.165) is 0 Å². The molecule has 4 nitrogen and oxygen atoms in total. The second-order valence-corrected chi connectivity index (χ2v) is 2.13. The molecule has 0 aliphatic carbocycles. The van der Waals surface area contributed by atoms with E-state index in [9.17, 15) is 4.79 Å². The van der Waals surface area contributed by atoms with Crippen LogP contribution >= 0.6 is 0 Å². The normalized spacial score (nSPS) is 10.5. The van der Waals surface area contributed by atoms with Crippen molar-refractivity contribution in [2.75, 3.05) is 26.4 Å². The van der Waals surface area contributed by atoms with Crippen molar-refractivity contribution < 1.29 is 14.6 Å². The van der Waals surface area contributed by atoms with Gasteiger partial charge in [-0.25, -0.2) is 0 Å². The lowest BCUT2D eigenvalue weighted by molar-refractivity contribution is -0.116. The lowest BCUT2D eigenvalue weighted by Crippen LogP contribution is -2.25. The van der Waals surface area contributed by atoms with Gasteiger partial charge in [0.05, 0.1) is 19.8 Å². The van der Waals surface area contributed by atoms with Crippen LogP contribution in [0, 0.1) is 0 Å². The first-order valence-corrected chi connectivity index (χ1v) is 3.90. The Kier molecular flexibility index (Phi) is 7.63. The number of nitrogens with one attached hydrogen (secondary N) is 1. The topological polar surface area (TPSA) is 58.6 Å². The van der Waals surface area contributed by atoms with Crippen molar-refractivity contribution in [1.29, 1.82) is 0 Å². The third-order valence-corrected chi connectivity index (χ3v) is 1.10. The van der Waals surface area contributed by atoms with Gasteiger partial charge in [0.2, 0.25) is 5.91 Å². The first kappa shape index (κ1) is 11.1. The molecule has 0 radical (unpaired) electrons. The summed E-state index contributed by atoms with van der Waals surface area (Å²) in [5, 5.41) is 10.9. The molecule has 0 spiro atoms. The fraction of sp³-hybridized carbons (Fsp3) is 0.625. The Balaban J connectivity index is 3.14. The average molecular weight is 173 g/mol. The Bertz CT molecular complexity index is 145. The summed E-state index contributed by atoms with van der Waals surface area (Å²) < 4.78 is 4.92. The molecule has 4 heteroatoms. The van der Waals surface area contributed by atoms with Gasteiger partial charge < -0.3 is 15.2 Å². The molecule has 0 atom stereocenters. The van der Waals surface area contributed by atoms with Gasteiger partial charge in [0.15, 0.2) is 0 Å². The molecular weight excluding hydrogens is 158 g/mol. The highest BCUT2D eigenvalue weighted by atomic mass is 16.5. The summed E-state index contributed by atoms with van der Waals surface area (Å²) in [7, 11) is 0. The van der Waals surface area contributed by atoms with Gasteiger partial charge in [0.25, 0.3) is 0 Å². The molecule has 0 aliphatic rings. The first-order valence-electron chi connectivity index (χ1n) is 3.90. The van der Waals surface area contributed by atoms with Crippen molar-refractivity contribution >= 4 is 5.91 Å². The quantitative estimate of drug-likeness (QED) is 0.428. The zero-order valence-corrected chi connectivity index (χ0v) is 7.25. The van der Waals surface area contributed by atoms with Crippen molar-refractivity contribution in [3.05, 3.63) is 12.2 Å². The minimum Gasteiger partial charge on any atom is -0.394 e. The van der Waals surface area contributed by atoms with Crippen molar-refractivity contribution in [2.24, 2.45) is 0 Å². The predicted octanol–water partition coefficient (Wildman–Crippen LogP) is -0.312. The van der Waals surface area contributed by atoms with Gasteiger partial charge in [-0.15, -0.1) is 0 Å². The third-order valence-electron chi connectivity index (χ3n) is 1.10. The molecule has 0 fully saturated rings. The lowest BCUT2D eigenvalue weighted by atomic mass is 10.5. The Labute approximate surface area is 72.2 Å². The molecule has 12 heavy (non-hydrogen) atoms. The van der Waals surface area contributed by atoms with Crippen LogP contribution in [0.1, 0.15) is 6.92 Å². The van der Waals surface area contributed by atoms with E-state index < -0.39 is 0 Å². The summed E-state index contributed by atoms with van der Waals surface area (Å²) >= 11 is 0. The van der Waals surface area contributed by atoms with E-state index >= 15 is 0 Å². The van der Waals surface area contributed by atoms with Gasteiger partial charge in [0.1, 0.15) is 0 Å². The number of aliphatic hydroxyl groups is 1. The molecule has 0 bridgehead atoms. The van der Waals surface area contributed by atoms with Crippen molar-refractivity contribution in [3.8, 4) is 0 Å². The molecule has 2 N–H and O–H groups in total. The highest BCUT2D eigenvalue weighted by Crippen LogP contribution is 1.74. The zero-order chi connectivity index (χ0) is 9.23. The summed E-state index contributed by atoms with van der Waals surface area (Å²) in [6.07, 6.45) is 3.12. The Morgan fingerprint density at radius 3 is 2.92 bits per heavy atom. The van der Waals surface area contributed by atoms with Crippen LogP contribution < -0.4 is 5.32 Å². The van der Waals surface area contributed by atoms with Gasteiger partial charge in [-0.3, -0.25) is 4.79 Å². The highest BCUT2D eigenvalue weighted by Gasteiger charge is 1.92. The van der Waals surface area contributed by atoms with E-state index in [1.807, 2.05) is 0 Å². The summed E-state index contributed by atoms with van der Waals surface area (Å²) in [5.41, 5.74) is 0. The fourth-order valence-corrected chi connectivity index (χ4v) is 0.623. The highest BCUT2D eigenvalue weighted by molar-refractivity contribution is 5.87. The van der Waals surface area contributed by atoms with Crippen molar-refractivity contribution in [1.82, 2.24) is 5.32 Å². The number of carbonyl (C=O) groups excluding carboxylic acids is 1. The SMILES string of the molecule is C/C=C/C(=O)NCCOCCO. The molecule has 0 saturated heterocycles. The number of rotatable bonds is 6. The smallest absolute Gasteiger partial charge is 0.243 e. The Morgan fingerprint density at radius 1 is 1.58 bits per heavy atom. The average Bonchev–Trinajstić information content (AvgIpc) is 2.05. The first-order chi connectivity index (χ1) is 5.81. The molecule has 0 aromatic carbocycles. The summed E-state index contributed by atoms with van der Waals surface area (Å²) in [4.78, 5) is 10.8. The van der Waals surface area contributed by atoms with Crippen LogP contribution in [0.3, 0.4) is 0 Å². The van der Waals surface area contributed by atoms with Crippen LogP contribution in [-0.4, -0.2) is 37.4 Å². The maximum Gasteiger partial charge on any atom is 0.243 e. The maximum atomic E-state index is 10.8. The van der Waals surface area contributed by atoms with E-state index in [2.05, 4.69) is 5.32 Å². The minimum atomic E-state index is -0.120. The molecule has 0 saturated carbocycles. The van der Waals surface area contributed by atoms with E-state index in [1.165, 1.54) is 6.08 Å². The van der Waals surface area contributed by atoms with Crippen LogP contribution in [0.25, 0.3) is 0 Å². The molecule has 0 heterocycles. The predicted molar refractivity (Wildman–Crippen MR) is 45.7 cm³/mol. The fourth-order valence-electron chi connectivity index (χ4n) is 0.623. The van der Waals surface area contributed by atoms with Crippen molar-refractivity contribution in [3.63, 3.8) is 0 Å². The molecule has 0 aromatic rings. The minimum absolute atomic E-state index is 0.0167. The van der Waals surface area contributed by atoms with Crippen LogP contribution in [0.5, 0.6) is 0 Å². The second kappa shape index (κ2) is 8.23. The van der Waals surface area contributed by atoms with Crippen molar-refractivity contribution in [2.45, 2.75) is 6.92 Å². The second-order valence-electron chi connectivity index (χ2n) is 2.13. The largest absolute Gasteiger partial charge is 0.394 e. The standard InChI is InChI=1S/C8H15NO3/c1-2-3-8(11)9-4-6-12-7-5-10/h2-3,10H,4-7H2,1H3,(H,9,11)/b3-2+. The van der Waals surface area contributed by atoms with Gasteiger partial charge in [-0.2, -0.15) is 0 Å². The van der Waals surface area contributed by atoms with Gasteiger partial charge in [-0.05, 0) is 13.0 Å². The van der Waals surface area contributed by atoms with E-state index in [-0.39, 0.29) is 12.5 Å². The number of allylic oxidation sites excluding steroid dienone is 1. The van der Waals surface area contributed by atoms with Gasteiger partial charge in [0, 0.05) is 6.54 Å². The Morgan fingerprint density at radius 2 is 2.33 bits per heavy atom. The zero-order valence-electron chi connectivity index (χ0n) is 7.25. The third kappa shape index (κ3) is 7.24. The van der Waals surface area contributed by atoms with Gasteiger partial charge >= 0.3 is 0 Å². The van der Waals surface area contributed by atoms with E-state index in [1.54, 1.807) is 13.0 Å². The summed E-state index contributed by atoms with van der Waals surface area (Å²) in [6.45, 7) is 3.02. The van der Waals surface area contributed by atoms with Gasteiger partial charge in [-0.1, -0.05) is 6.08 Å². The number of aliphatic hydroxyl groups excluding tert-OH is 1. The van der Waals surface area contributed by atoms with E-state index in [4.69, 9.17) is 9.84 Å². The molecule has 1 amide bonds. The van der Waals surface area contributed by atoms with Crippen LogP contribution in [-0.2, 0) is 9.53 Å². The molecule has 0 aliphatic heterocycles. The number of hydrogen-bond acceptors (Lipinski definition) is 3. The molecular formula is C8H15NO3. The molecule has 0 aromatic heterocycles. The van der Waals surface area contributed by atoms with Crippen LogP contribution in [0.4, 0.5) is 0 Å². The molecule has 70 valence electrons. The molecule has 0 unspecified atom stereocenters. The lowest BCUT2D eigenvalue weighted by Gasteiger charge is -2.02. The summed E-state index contributed by atoms with van der Waals surface area (Å²) in [6, 6.07) is 0. The number of amides is 1. The number of ether oxygens (including phenoxy) is 1. The Hall–Kier alpha value is -0.870. The van der Waals surface area contributed by atoms with E-state index in [0.29, 0.717) is 19.8 Å².